The summed E-state index contributed by atoms with van der Waals surface area (Å²) in [6, 6.07) is -1.33. The molecule has 0 aromatic carbocycles. The summed E-state index contributed by atoms with van der Waals surface area (Å²) < 4.78 is 23.4. The third-order valence-corrected chi connectivity index (χ3v) is 13.8. The van der Waals surface area contributed by atoms with Crippen LogP contribution in [-0.4, -0.2) is 101 Å². The van der Waals surface area contributed by atoms with Gasteiger partial charge in [0.1, 0.15) is 16.9 Å². The molecule has 7 aliphatic rings. The van der Waals surface area contributed by atoms with Gasteiger partial charge in [-0.15, -0.1) is 0 Å². The number of hydrogen-bond acceptors (Lipinski definition) is 9. The average molecular weight is 617 g/mol. The zero-order valence-corrected chi connectivity index (χ0v) is 25.4. The monoisotopic (exact) mass is 616 g/mol. The summed E-state index contributed by atoms with van der Waals surface area (Å²) >= 11 is 0. The van der Waals surface area contributed by atoms with E-state index in [1.54, 1.807) is 4.90 Å². The number of likely N-dealkylation sites (N-methyl/N-ethyl adjacent to an activating group) is 1. The van der Waals surface area contributed by atoms with Crippen LogP contribution in [0.25, 0.3) is 0 Å². The molecule has 4 aliphatic carbocycles. The van der Waals surface area contributed by atoms with E-state index in [1.165, 1.54) is 16.8 Å². The highest BCUT2D eigenvalue weighted by molar-refractivity contribution is 7.92. The van der Waals surface area contributed by atoms with Crippen molar-refractivity contribution in [1.29, 1.82) is 0 Å². The van der Waals surface area contributed by atoms with E-state index >= 15 is 0 Å². The first-order valence-corrected chi connectivity index (χ1v) is 17.3. The van der Waals surface area contributed by atoms with Crippen molar-refractivity contribution in [1.82, 2.24) is 19.6 Å². The van der Waals surface area contributed by atoms with E-state index in [0.717, 1.165) is 37.0 Å². The van der Waals surface area contributed by atoms with Gasteiger partial charge in [0.05, 0.1) is 11.5 Å². The molecule has 7 fully saturated rings. The minimum Gasteiger partial charge on any atom is -0.385 e. The van der Waals surface area contributed by atoms with Gasteiger partial charge in [-0.3, -0.25) is 29.1 Å². The SMILES string of the molecule is CN1C(=O)N(CC2CC3(C2)CS(=O)(=O)C3)C2(CC3(CCC(N4C(=O)C(=C(N)N)C(=O)N(CC5CCC5)C4=O)CC3)C2)C1=O. The van der Waals surface area contributed by atoms with Crippen molar-refractivity contribution in [3.05, 3.63) is 11.4 Å². The molecule has 4 N–H and O–H groups in total. The number of carbonyl (C=O) groups is 5. The smallest absolute Gasteiger partial charge is 0.334 e. The van der Waals surface area contributed by atoms with Gasteiger partial charge in [0, 0.05) is 26.2 Å². The fourth-order valence-corrected chi connectivity index (χ4v) is 11.7. The Hall–Kier alpha value is -3.16. The van der Waals surface area contributed by atoms with Crippen molar-refractivity contribution >= 4 is 39.6 Å². The average Bonchev–Trinajstić information content (AvgIpc) is 3.02. The minimum absolute atomic E-state index is 0.139. The number of barbiturate groups is 1. The highest BCUT2D eigenvalue weighted by atomic mass is 32.2. The molecule has 0 atom stereocenters. The van der Waals surface area contributed by atoms with E-state index in [-0.39, 0.29) is 64.0 Å². The van der Waals surface area contributed by atoms with Gasteiger partial charge in [0.15, 0.2) is 9.84 Å². The van der Waals surface area contributed by atoms with E-state index in [4.69, 9.17) is 11.5 Å². The molecule has 14 heteroatoms. The van der Waals surface area contributed by atoms with Crippen LogP contribution in [0.3, 0.4) is 0 Å². The number of urea groups is 2. The molecule has 7 rings (SSSR count). The molecule has 13 nitrogen and oxygen atoms in total. The highest BCUT2D eigenvalue weighted by Crippen LogP contribution is 2.62. The van der Waals surface area contributed by atoms with Crippen LogP contribution < -0.4 is 11.5 Å². The fourth-order valence-electron chi connectivity index (χ4n) is 9.48. The summed E-state index contributed by atoms with van der Waals surface area (Å²) in [6.45, 7) is 0.696. The maximum absolute atomic E-state index is 13.5. The predicted molar refractivity (Wildman–Crippen MR) is 152 cm³/mol. The normalized spacial score (nSPS) is 31.0. The molecule has 7 amide bonds. The third kappa shape index (κ3) is 4.14. The van der Waals surface area contributed by atoms with Crippen LogP contribution in [0.4, 0.5) is 9.59 Å². The lowest BCUT2D eigenvalue weighted by Crippen LogP contribution is -2.67. The lowest BCUT2D eigenvalue weighted by atomic mass is 9.51. The number of amides is 7. The molecular weight excluding hydrogens is 576 g/mol. The molecule has 43 heavy (non-hydrogen) atoms. The molecule has 3 aliphatic heterocycles. The molecule has 234 valence electrons. The Kier molecular flexibility index (Phi) is 6.11. The summed E-state index contributed by atoms with van der Waals surface area (Å²) in [5.74, 6) is -1.20. The lowest BCUT2D eigenvalue weighted by Gasteiger charge is -2.60. The molecule has 3 spiro atoms. The van der Waals surface area contributed by atoms with Crippen LogP contribution in [0.5, 0.6) is 0 Å². The molecule has 3 heterocycles. The Bertz CT molecular complexity index is 1450. The first kappa shape index (κ1) is 28.6. The number of nitrogens with zero attached hydrogens (tertiary/aromatic N) is 4. The Labute approximate surface area is 250 Å². The highest BCUT2D eigenvalue weighted by Gasteiger charge is 2.69. The van der Waals surface area contributed by atoms with Crippen LogP contribution in [-0.2, 0) is 24.2 Å². The second-order valence-electron chi connectivity index (χ2n) is 14.7. The topological polar surface area (TPSA) is 184 Å². The first-order chi connectivity index (χ1) is 20.2. The van der Waals surface area contributed by atoms with Crippen LogP contribution in [0.15, 0.2) is 11.4 Å². The third-order valence-electron chi connectivity index (χ3n) is 11.7. The number of imide groups is 3. The van der Waals surface area contributed by atoms with Gasteiger partial charge in [-0.25, -0.2) is 18.0 Å². The van der Waals surface area contributed by atoms with Gasteiger partial charge in [-0.2, -0.15) is 0 Å². The van der Waals surface area contributed by atoms with E-state index < -0.39 is 39.3 Å². The lowest BCUT2D eigenvalue weighted by molar-refractivity contribution is -0.152. The Balaban J connectivity index is 1.03. The summed E-state index contributed by atoms with van der Waals surface area (Å²) in [5.41, 5.74) is 9.96. The van der Waals surface area contributed by atoms with Crippen molar-refractivity contribution in [3.63, 3.8) is 0 Å². The second kappa shape index (κ2) is 9.18. The molecule has 0 unspecified atom stereocenters. The van der Waals surface area contributed by atoms with Crippen LogP contribution in [0.2, 0.25) is 0 Å². The van der Waals surface area contributed by atoms with Gasteiger partial charge in [0.2, 0.25) is 0 Å². The maximum atomic E-state index is 13.5. The van der Waals surface area contributed by atoms with Gasteiger partial charge < -0.3 is 16.4 Å². The summed E-state index contributed by atoms with van der Waals surface area (Å²) in [7, 11) is -1.40. The van der Waals surface area contributed by atoms with E-state index in [2.05, 4.69) is 0 Å². The van der Waals surface area contributed by atoms with Gasteiger partial charge in [-0.1, -0.05) is 6.42 Å². The molecule has 0 aromatic rings. The van der Waals surface area contributed by atoms with Crippen LogP contribution in [0.1, 0.15) is 70.6 Å². The predicted octanol–water partition coefficient (Wildman–Crippen LogP) is 0.887. The van der Waals surface area contributed by atoms with E-state index in [1.807, 2.05) is 0 Å². The van der Waals surface area contributed by atoms with E-state index in [9.17, 15) is 32.4 Å². The van der Waals surface area contributed by atoms with Gasteiger partial charge in [0.25, 0.3) is 17.7 Å². The summed E-state index contributed by atoms with van der Waals surface area (Å²) in [4.78, 5) is 71.8. The molecule has 0 radical (unpaired) electrons. The Morgan fingerprint density at radius 2 is 1.47 bits per heavy atom. The Morgan fingerprint density at radius 3 is 2.00 bits per heavy atom. The van der Waals surface area contributed by atoms with Gasteiger partial charge in [-0.05, 0) is 86.9 Å². The van der Waals surface area contributed by atoms with Crippen molar-refractivity contribution < 1.29 is 32.4 Å². The molecule has 3 saturated heterocycles. The standard InChI is InChI=1S/C29H40N6O7S/c1-32-24(38)29(34(25(32)39)12-18-9-28(10-18)15-43(41,42)16-28)13-27(14-29)7-5-19(6-8-27)35-23(37)20(21(30)31)22(36)33(26(35)40)11-17-3-2-4-17/h17-19H,2-16,30-31H2,1H3. The molecule has 0 bridgehead atoms. The molecular formula is C29H40N6O7S. The van der Waals surface area contributed by atoms with Crippen LogP contribution >= 0.6 is 0 Å². The van der Waals surface area contributed by atoms with E-state index in [0.29, 0.717) is 45.1 Å². The first-order valence-electron chi connectivity index (χ1n) is 15.4. The quantitative estimate of drug-likeness (QED) is 0.257. The molecule has 4 saturated carbocycles. The number of sulfone groups is 1. The summed E-state index contributed by atoms with van der Waals surface area (Å²) in [5, 5.41) is 0. The number of rotatable bonds is 5. The second-order valence-corrected chi connectivity index (χ2v) is 16.7. The van der Waals surface area contributed by atoms with Crippen molar-refractivity contribution in [3.8, 4) is 0 Å². The largest absolute Gasteiger partial charge is 0.385 e. The van der Waals surface area contributed by atoms with Crippen molar-refractivity contribution in [2.75, 3.05) is 31.6 Å². The fraction of sp³-hybridized carbons (Fsp3) is 0.759. The summed E-state index contributed by atoms with van der Waals surface area (Å²) in [6.07, 6.45) is 7.87. The zero-order valence-electron chi connectivity index (χ0n) is 24.5. The molecule has 0 aromatic heterocycles. The maximum Gasteiger partial charge on any atom is 0.334 e. The van der Waals surface area contributed by atoms with Crippen LogP contribution in [0, 0.1) is 22.7 Å². The number of carbonyl (C=O) groups excluding carboxylic acids is 5. The zero-order chi connectivity index (χ0) is 30.7. The van der Waals surface area contributed by atoms with Gasteiger partial charge >= 0.3 is 12.1 Å². The van der Waals surface area contributed by atoms with Crippen molar-refractivity contribution in [2.24, 2.45) is 34.1 Å². The Morgan fingerprint density at radius 1 is 0.837 bits per heavy atom. The minimum atomic E-state index is -2.92. The van der Waals surface area contributed by atoms with Crippen molar-refractivity contribution in [2.45, 2.75) is 82.2 Å². The number of nitrogens with two attached hydrogens (primary N) is 2. The number of hydrogen-bond donors (Lipinski definition) is 2.